The van der Waals surface area contributed by atoms with E-state index in [1.807, 2.05) is 0 Å². The van der Waals surface area contributed by atoms with Gasteiger partial charge in [-0.2, -0.15) is 0 Å². The summed E-state index contributed by atoms with van der Waals surface area (Å²) in [6, 6.07) is -14.1. The first kappa shape index (κ1) is 71.1. The predicted octanol–water partition coefficient (Wildman–Crippen LogP) is 0.0962. The number of carbonyl (C=O) groups excluding carboxylic acids is 10. The number of nitrogens with one attached hydrogen (secondary N) is 9. The van der Waals surface area contributed by atoms with Crippen LogP contribution < -0.4 is 47.9 Å². The summed E-state index contributed by atoms with van der Waals surface area (Å²) in [6.07, 6.45) is 1.05. The maximum Gasteiger partial charge on any atom is 0.329 e. The quantitative estimate of drug-likeness (QED) is 0.0383. The van der Waals surface area contributed by atoms with Crippen LogP contribution in [-0.4, -0.2) is 165 Å². The molecule has 1 saturated heterocycles. The molecule has 0 radical (unpaired) electrons. The molecule has 0 saturated carbocycles. The van der Waals surface area contributed by atoms with Crippen LogP contribution in [0.5, 0.6) is 0 Å². The smallest absolute Gasteiger partial charge is 0.329 e. The average Bonchev–Trinajstić information content (AvgIpc) is 3.36. The van der Waals surface area contributed by atoms with Gasteiger partial charge < -0.3 is 73.0 Å². The van der Waals surface area contributed by atoms with E-state index in [0.717, 1.165) is 25.7 Å². The first-order valence-electron chi connectivity index (χ1n) is 28.0. The fourth-order valence-corrected chi connectivity index (χ4v) is 8.61. The lowest BCUT2D eigenvalue weighted by atomic mass is 9.98. The van der Waals surface area contributed by atoms with Crippen molar-refractivity contribution in [2.45, 2.75) is 233 Å². The Labute approximate surface area is 465 Å². The highest BCUT2D eigenvalue weighted by Gasteiger charge is 2.40. The summed E-state index contributed by atoms with van der Waals surface area (Å²) in [5.74, 6) is -13.4. The number of ether oxygens (including phenoxy) is 1. The number of esters is 1. The molecule has 1 aliphatic heterocycles. The van der Waals surface area contributed by atoms with Crippen molar-refractivity contribution in [3.8, 4) is 0 Å². The Morgan fingerprint density at radius 1 is 0.582 bits per heavy atom. The summed E-state index contributed by atoms with van der Waals surface area (Å²) in [5.41, 5.74) is 0. The number of hydrogen-bond acceptors (Lipinski definition) is 15. The Morgan fingerprint density at radius 3 is 1.56 bits per heavy atom. The van der Waals surface area contributed by atoms with E-state index in [2.05, 4.69) is 54.8 Å². The van der Waals surface area contributed by atoms with Crippen molar-refractivity contribution in [1.82, 2.24) is 47.9 Å². The number of hydrogen-bond donors (Lipinski definition) is 13. The maximum absolute atomic E-state index is 14.7. The summed E-state index contributed by atoms with van der Waals surface area (Å²) in [5, 5.41) is 63.5. The molecule has 12 atom stereocenters. The molecule has 452 valence electrons. The number of carbonyl (C=O) groups is 11. The van der Waals surface area contributed by atoms with Crippen LogP contribution in [0.1, 0.15) is 167 Å². The molecule has 0 bridgehead atoms. The molecule has 25 heteroatoms. The maximum atomic E-state index is 14.7. The van der Waals surface area contributed by atoms with E-state index in [1.165, 1.54) is 6.92 Å². The van der Waals surface area contributed by atoms with E-state index in [1.54, 1.807) is 69.2 Å². The molecular weight excluding hydrogens is 1030 g/mol. The second kappa shape index (κ2) is 36.3. The van der Waals surface area contributed by atoms with Crippen molar-refractivity contribution in [2.75, 3.05) is 13.2 Å². The third-order valence-electron chi connectivity index (χ3n) is 13.4. The fourth-order valence-electron chi connectivity index (χ4n) is 8.61. The highest BCUT2D eigenvalue weighted by Crippen LogP contribution is 2.17. The molecule has 0 aromatic rings. The normalized spacial score (nSPS) is 24.0. The number of unbranched alkanes of at least 4 members (excludes halogenated alkanes) is 4. The van der Waals surface area contributed by atoms with Crippen LogP contribution >= 0.6 is 0 Å². The highest BCUT2D eigenvalue weighted by molar-refractivity contribution is 5.99. The van der Waals surface area contributed by atoms with E-state index in [-0.39, 0.29) is 49.9 Å². The number of aliphatic hydroxyl groups excluding tert-OH is 3. The van der Waals surface area contributed by atoms with Crippen molar-refractivity contribution < 1.29 is 77.9 Å². The number of aliphatic carboxylic acids is 1. The van der Waals surface area contributed by atoms with Crippen molar-refractivity contribution in [3.63, 3.8) is 0 Å². The Hall–Kier alpha value is -5.95. The minimum Gasteiger partial charge on any atom is -0.481 e. The third-order valence-corrected chi connectivity index (χ3v) is 13.4. The van der Waals surface area contributed by atoms with E-state index >= 15 is 0 Å². The van der Waals surface area contributed by atoms with Crippen LogP contribution in [-0.2, 0) is 57.5 Å². The van der Waals surface area contributed by atoms with Crippen molar-refractivity contribution in [3.05, 3.63) is 0 Å². The predicted molar refractivity (Wildman–Crippen MR) is 291 cm³/mol. The Morgan fingerprint density at radius 2 is 1.08 bits per heavy atom. The third kappa shape index (κ3) is 26.3. The Bertz CT molecular complexity index is 2020. The van der Waals surface area contributed by atoms with Gasteiger partial charge in [-0.05, 0) is 68.6 Å². The average molecular weight is 1130 g/mol. The molecule has 0 spiro atoms. The van der Waals surface area contributed by atoms with Gasteiger partial charge in [-0.25, -0.2) is 4.79 Å². The van der Waals surface area contributed by atoms with Gasteiger partial charge in [0, 0.05) is 6.42 Å². The van der Waals surface area contributed by atoms with Crippen molar-refractivity contribution in [2.24, 2.45) is 29.6 Å². The SMILES string of the molecule is CCCCCCCC(O)CC(=O)N[C@@H](CC(C)C)C(=O)N[C@H](CCC(=O)O)C(=O)N[C@H]1C(=O)N[C@H](C(C)C)C(=O)N[C@@H](CC(C)C)C(=O)N[C@H](CO)C(=O)N[C@@H](CC(C)C)C(=O)N[C@H](CO)C(=O)N[C@@H]([C@@H](C)CC)C(=O)OC1C. The van der Waals surface area contributed by atoms with Gasteiger partial charge in [0.05, 0.1) is 25.7 Å². The van der Waals surface area contributed by atoms with Gasteiger partial charge in [0.2, 0.25) is 53.2 Å². The Balaban J connectivity index is 3.99. The monoisotopic (exact) mass is 1130 g/mol. The molecule has 1 fully saturated rings. The van der Waals surface area contributed by atoms with Crippen molar-refractivity contribution >= 4 is 65.1 Å². The van der Waals surface area contributed by atoms with Crippen LogP contribution in [0.4, 0.5) is 0 Å². The zero-order valence-electron chi connectivity index (χ0n) is 48.5. The van der Waals surface area contributed by atoms with Crippen LogP contribution in [0.15, 0.2) is 0 Å². The molecular formula is C54H95N9O16. The summed E-state index contributed by atoms with van der Waals surface area (Å²) in [6.45, 7) is 18.2. The topological polar surface area (TPSA) is 386 Å². The van der Waals surface area contributed by atoms with Gasteiger partial charge in [0.25, 0.3) is 0 Å². The van der Waals surface area contributed by atoms with Gasteiger partial charge in [0.1, 0.15) is 60.5 Å². The molecule has 79 heavy (non-hydrogen) atoms. The zero-order chi connectivity index (χ0) is 60.3. The van der Waals surface area contributed by atoms with E-state index < -0.39 is 170 Å². The molecule has 25 nitrogen and oxygen atoms in total. The summed E-state index contributed by atoms with van der Waals surface area (Å²) in [4.78, 5) is 152. The second-order valence-electron chi connectivity index (χ2n) is 22.4. The zero-order valence-corrected chi connectivity index (χ0v) is 48.5. The summed E-state index contributed by atoms with van der Waals surface area (Å²) < 4.78 is 5.82. The fraction of sp³-hybridized carbons (Fsp3) is 0.796. The van der Waals surface area contributed by atoms with Gasteiger partial charge >= 0.3 is 11.9 Å². The van der Waals surface area contributed by atoms with Gasteiger partial charge in [-0.3, -0.25) is 47.9 Å². The highest BCUT2D eigenvalue weighted by atomic mass is 16.5. The molecule has 1 heterocycles. The van der Waals surface area contributed by atoms with Gasteiger partial charge in [-0.1, -0.05) is 115 Å². The summed E-state index contributed by atoms with van der Waals surface area (Å²) in [7, 11) is 0. The van der Waals surface area contributed by atoms with Crippen LogP contribution in [0.3, 0.4) is 0 Å². The molecule has 0 aromatic carbocycles. The van der Waals surface area contributed by atoms with Crippen molar-refractivity contribution in [1.29, 1.82) is 0 Å². The van der Waals surface area contributed by atoms with E-state index in [9.17, 15) is 73.2 Å². The lowest BCUT2D eigenvalue weighted by Crippen LogP contribution is -2.64. The molecule has 0 aromatic heterocycles. The number of carboxylic acids is 1. The second-order valence-corrected chi connectivity index (χ2v) is 22.4. The van der Waals surface area contributed by atoms with Gasteiger partial charge in [-0.15, -0.1) is 0 Å². The summed E-state index contributed by atoms with van der Waals surface area (Å²) >= 11 is 0. The Kier molecular flexibility index (Phi) is 32.7. The van der Waals surface area contributed by atoms with Crippen LogP contribution in [0, 0.1) is 29.6 Å². The number of amides is 9. The first-order chi connectivity index (χ1) is 37.0. The molecule has 0 aliphatic carbocycles. The number of cyclic esters (lactones) is 1. The van der Waals surface area contributed by atoms with Gasteiger partial charge in [0.15, 0.2) is 0 Å². The van der Waals surface area contributed by atoms with Crippen LogP contribution in [0.2, 0.25) is 0 Å². The largest absolute Gasteiger partial charge is 0.481 e. The molecule has 9 amide bonds. The molecule has 1 rings (SSSR count). The lowest BCUT2D eigenvalue weighted by Gasteiger charge is -2.32. The molecule has 13 N–H and O–H groups in total. The number of carboxylic acid groups (broad SMARTS) is 1. The van der Waals surface area contributed by atoms with Crippen LogP contribution in [0.25, 0.3) is 0 Å². The first-order valence-corrected chi connectivity index (χ1v) is 28.0. The standard InChI is InChI=1S/C54H95N9O16/c1-13-15-16-17-18-19-34(66)25-41(67)55-36(22-28(3)4)47(71)56-35(20-21-42(68)69)46(70)63-45-33(12)79-54(78)44(32(11)14-2)62-51(75)40(27-65)60-48(72)37(23-29(5)6)57-50(74)39(26-64)59-49(73)38(24-30(7)8)58-52(76)43(31(9)10)61-53(45)77/h28-40,43-45,64-66H,13-27H2,1-12H3,(H,55,67)(H,56,71)(H,57,74)(H,58,76)(H,59,73)(H,60,72)(H,61,77)(H,62,75)(H,63,70)(H,68,69)/t32-,33?,34?,35+,36-,37-,38-,39+,40+,43+,44-,45+/m0/s1. The number of rotatable bonds is 27. The molecule has 2 unspecified atom stereocenters. The lowest BCUT2D eigenvalue weighted by molar-refractivity contribution is -0.158. The minimum atomic E-state index is -1.95. The molecule has 1 aliphatic rings. The van der Waals surface area contributed by atoms with E-state index in [4.69, 9.17) is 4.74 Å². The minimum absolute atomic E-state index is 0.0100. The van der Waals surface area contributed by atoms with E-state index in [0.29, 0.717) is 12.8 Å². The number of aliphatic hydroxyl groups is 3.